The third-order valence-electron chi connectivity index (χ3n) is 4.66. The summed E-state index contributed by atoms with van der Waals surface area (Å²) in [4.78, 5) is 19.8. The minimum absolute atomic E-state index is 0.00149. The van der Waals surface area contributed by atoms with E-state index in [1.807, 2.05) is 26.0 Å². The summed E-state index contributed by atoms with van der Waals surface area (Å²) in [6, 6.07) is 7.19. The molecule has 0 saturated heterocycles. The summed E-state index contributed by atoms with van der Waals surface area (Å²) in [6.07, 6.45) is -4.61. The number of anilines is 1. The number of thioether (sulfide) groups is 1. The lowest BCUT2D eigenvalue weighted by Gasteiger charge is -2.11. The zero-order chi connectivity index (χ0) is 22.3. The van der Waals surface area contributed by atoms with Gasteiger partial charge in [-0.1, -0.05) is 35.5 Å². The van der Waals surface area contributed by atoms with Gasteiger partial charge in [-0.25, -0.2) is 4.98 Å². The first-order valence-corrected chi connectivity index (χ1v) is 10.4. The smallest absolute Gasteiger partial charge is 0.337 e. The van der Waals surface area contributed by atoms with Crippen molar-refractivity contribution in [1.82, 2.24) is 20.2 Å². The van der Waals surface area contributed by atoms with Crippen molar-refractivity contribution in [3.63, 3.8) is 0 Å². The molecule has 0 fully saturated rings. The van der Waals surface area contributed by atoms with Crippen molar-refractivity contribution < 1.29 is 18.0 Å². The van der Waals surface area contributed by atoms with E-state index < -0.39 is 22.7 Å². The molecule has 0 bridgehead atoms. The van der Waals surface area contributed by atoms with Gasteiger partial charge in [-0.2, -0.15) is 13.2 Å². The van der Waals surface area contributed by atoms with Crippen molar-refractivity contribution in [1.29, 1.82) is 0 Å². The molecule has 2 heterocycles. The highest BCUT2D eigenvalue weighted by molar-refractivity contribution is 7.99. The number of nitrogens with zero attached hydrogens (tertiary/aromatic N) is 3. The van der Waals surface area contributed by atoms with Crippen molar-refractivity contribution in [2.45, 2.75) is 25.2 Å². The van der Waals surface area contributed by atoms with Gasteiger partial charge in [-0.05, 0) is 43.2 Å². The number of aromatic amines is 1. The number of nitrogens with one attached hydrogen (secondary N) is 2. The summed E-state index contributed by atoms with van der Waals surface area (Å²) in [7, 11) is 0. The Bertz CT molecular complexity index is 1320. The average molecular weight is 466 g/mol. The molecule has 0 aliphatic carbocycles. The van der Waals surface area contributed by atoms with Crippen LogP contribution in [0.2, 0.25) is 5.02 Å². The van der Waals surface area contributed by atoms with E-state index in [4.69, 9.17) is 11.6 Å². The first-order chi connectivity index (χ1) is 14.6. The Kier molecular flexibility index (Phi) is 5.52. The SMILES string of the molecule is Cc1ccc(C)c2c1[nH]c1nc(SCC(=O)Nc3ccc(Cl)c(C(F)(F)F)c3)nnc12. The highest BCUT2D eigenvalue weighted by Gasteiger charge is 2.33. The number of alkyl halides is 3. The van der Waals surface area contributed by atoms with E-state index in [2.05, 4.69) is 25.5 Å². The Morgan fingerprint density at radius 2 is 1.90 bits per heavy atom. The maximum Gasteiger partial charge on any atom is 0.417 e. The molecule has 0 spiro atoms. The molecule has 1 amide bonds. The van der Waals surface area contributed by atoms with E-state index in [1.165, 1.54) is 6.07 Å². The summed E-state index contributed by atoms with van der Waals surface area (Å²) in [5.41, 5.74) is 3.21. The highest BCUT2D eigenvalue weighted by Crippen LogP contribution is 2.36. The fraction of sp³-hybridized carbons (Fsp3) is 0.200. The molecule has 11 heteroatoms. The number of aromatic nitrogens is 4. The van der Waals surface area contributed by atoms with Crippen molar-refractivity contribution in [2.24, 2.45) is 0 Å². The monoisotopic (exact) mass is 465 g/mol. The van der Waals surface area contributed by atoms with Crippen LogP contribution in [-0.4, -0.2) is 31.8 Å². The molecule has 31 heavy (non-hydrogen) atoms. The summed E-state index contributed by atoms with van der Waals surface area (Å²) in [5, 5.41) is 11.5. The first kappa shape index (κ1) is 21.4. The third kappa shape index (κ3) is 4.31. The predicted octanol–water partition coefficient (Wildman–Crippen LogP) is 5.53. The van der Waals surface area contributed by atoms with Crippen LogP contribution < -0.4 is 5.32 Å². The third-order valence-corrected chi connectivity index (χ3v) is 5.82. The molecule has 0 aliphatic rings. The van der Waals surface area contributed by atoms with Crippen LogP contribution >= 0.6 is 23.4 Å². The van der Waals surface area contributed by atoms with E-state index in [0.29, 0.717) is 11.2 Å². The molecule has 2 N–H and O–H groups in total. The molecule has 0 saturated carbocycles. The van der Waals surface area contributed by atoms with Crippen LogP contribution in [0.15, 0.2) is 35.5 Å². The number of benzene rings is 2. The summed E-state index contributed by atoms with van der Waals surface area (Å²) in [5.74, 6) is -0.609. The van der Waals surface area contributed by atoms with Crippen molar-refractivity contribution >= 4 is 57.0 Å². The molecule has 4 aromatic rings. The number of aryl methyl sites for hydroxylation is 2. The van der Waals surface area contributed by atoms with Crippen LogP contribution in [0.4, 0.5) is 18.9 Å². The van der Waals surface area contributed by atoms with E-state index >= 15 is 0 Å². The van der Waals surface area contributed by atoms with Gasteiger partial charge in [0.25, 0.3) is 0 Å². The molecule has 2 aromatic carbocycles. The molecule has 0 aliphatic heterocycles. The van der Waals surface area contributed by atoms with Gasteiger partial charge in [0, 0.05) is 11.1 Å². The lowest BCUT2D eigenvalue weighted by atomic mass is 10.1. The zero-order valence-corrected chi connectivity index (χ0v) is 17.8. The normalized spacial score (nSPS) is 11.9. The second-order valence-corrected chi connectivity index (χ2v) is 8.24. The Balaban J connectivity index is 1.49. The van der Waals surface area contributed by atoms with Crippen LogP contribution in [0, 0.1) is 13.8 Å². The number of fused-ring (bicyclic) bond motifs is 3. The highest BCUT2D eigenvalue weighted by atomic mass is 35.5. The summed E-state index contributed by atoms with van der Waals surface area (Å²) in [6.45, 7) is 3.95. The van der Waals surface area contributed by atoms with Gasteiger partial charge >= 0.3 is 6.18 Å². The van der Waals surface area contributed by atoms with Gasteiger partial charge in [0.05, 0.1) is 21.9 Å². The van der Waals surface area contributed by atoms with Gasteiger partial charge in [0.2, 0.25) is 11.1 Å². The average Bonchev–Trinajstić information content (AvgIpc) is 3.10. The van der Waals surface area contributed by atoms with Crippen LogP contribution in [0.25, 0.3) is 22.1 Å². The number of rotatable bonds is 4. The molecule has 0 unspecified atom stereocenters. The molecule has 160 valence electrons. The van der Waals surface area contributed by atoms with Gasteiger partial charge in [-0.3, -0.25) is 4.79 Å². The van der Waals surface area contributed by atoms with Gasteiger partial charge in [0.15, 0.2) is 5.65 Å². The number of hydrogen-bond acceptors (Lipinski definition) is 5. The number of carbonyl (C=O) groups excluding carboxylic acids is 1. The molecule has 0 radical (unpaired) electrons. The van der Waals surface area contributed by atoms with Crippen molar-refractivity contribution in [3.8, 4) is 0 Å². The number of carbonyl (C=O) groups is 1. The first-order valence-electron chi connectivity index (χ1n) is 9.05. The fourth-order valence-corrected chi connectivity index (χ4v) is 3.98. The zero-order valence-electron chi connectivity index (χ0n) is 16.3. The topological polar surface area (TPSA) is 83.6 Å². The van der Waals surface area contributed by atoms with Crippen LogP contribution in [0.3, 0.4) is 0 Å². The minimum atomic E-state index is -4.61. The second kappa shape index (κ2) is 8.01. The van der Waals surface area contributed by atoms with E-state index in [1.54, 1.807) is 0 Å². The number of H-pyrrole nitrogens is 1. The lowest BCUT2D eigenvalue weighted by molar-refractivity contribution is -0.137. The van der Waals surface area contributed by atoms with E-state index in [9.17, 15) is 18.0 Å². The lowest BCUT2D eigenvalue weighted by Crippen LogP contribution is -2.15. The number of halogens is 4. The maximum atomic E-state index is 13.0. The Morgan fingerprint density at radius 1 is 1.16 bits per heavy atom. The molecule has 4 rings (SSSR count). The molecular weight excluding hydrogens is 451 g/mol. The van der Waals surface area contributed by atoms with E-state index in [-0.39, 0.29) is 16.6 Å². The minimum Gasteiger partial charge on any atom is -0.337 e. The Morgan fingerprint density at radius 3 is 2.65 bits per heavy atom. The molecule has 0 atom stereocenters. The fourth-order valence-electron chi connectivity index (χ4n) is 3.17. The Labute approximate surface area is 183 Å². The van der Waals surface area contributed by atoms with Crippen molar-refractivity contribution in [3.05, 3.63) is 52.0 Å². The van der Waals surface area contributed by atoms with Gasteiger partial charge < -0.3 is 10.3 Å². The Hall–Kier alpha value is -2.85. The quantitative estimate of drug-likeness (QED) is 0.387. The summed E-state index contributed by atoms with van der Waals surface area (Å²) >= 11 is 6.62. The summed E-state index contributed by atoms with van der Waals surface area (Å²) < 4.78 is 38.9. The largest absolute Gasteiger partial charge is 0.417 e. The van der Waals surface area contributed by atoms with Gasteiger partial charge in [0.1, 0.15) is 5.52 Å². The molecule has 6 nitrogen and oxygen atoms in total. The number of hydrogen-bond donors (Lipinski definition) is 2. The number of amides is 1. The molecule has 2 aromatic heterocycles. The van der Waals surface area contributed by atoms with Crippen LogP contribution in [-0.2, 0) is 11.0 Å². The maximum absolute atomic E-state index is 13.0. The van der Waals surface area contributed by atoms with Crippen molar-refractivity contribution in [2.75, 3.05) is 11.1 Å². The van der Waals surface area contributed by atoms with Gasteiger partial charge in [-0.15, -0.1) is 10.2 Å². The van der Waals surface area contributed by atoms with Crippen LogP contribution in [0.5, 0.6) is 0 Å². The standard InChI is InChI=1S/C20H15ClF3N5OS/c1-9-3-4-10(2)16-15(9)17-18(26-16)27-19(29-28-17)31-8-14(30)25-11-5-6-13(21)12(7-11)20(22,23)24/h3-7H,8H2,1-2H3,(H,25,30)(H,26,27,29). The molecular formula is C20H15ClF3N5OS. The predicted molar refractivity (Wildman–Crippen MR) is 114 cm³/mol. The van der Waals surface area contributed by atoms with E-state index in [0.717, 1.165) is 45.9 Å². The second-order valence-electron chi connectivity index (χ2n) is 6.90. The van der Waals surface area contributed by atoms with Crippen LogP contribution in [0.1, 0.15) is 16.7 Å².